The molecule has 0 bridgehead atoms. The average molecular weight is 323 g/mol. The number of benzene rings is 2. The van der Waals surface area contributed by atoms with Gasteiger partial charge in [0.25, 0.3) is 5.69 Å². The normalized spacial score (nSPS) is 10.4. The molecule has 0 fully saturated rings. The van der Waals surface area contributed by atoms with Gasteiger partial charge in [-0.3, -0.25) is 10.1 Å². The van der Waals surface area contributed by atoms with E-state index >= 15 is 0 Å². The number of hydrogen-bond donors (Lipinski definition) is 1. The van der Waals surface area contributed by atoms with Crippen LogP contribution in [0.1, 0.15) is 12.5 Å². The predicted molar refractivity (Wildman–Crippen MR) is 88.3 cm³/mol. The molecule has 0 saturated carbocycles. The Hall–Kier alpha value is -1.72. The lowest BCUT2D eigenvalue weighted by Gasteiger charge is -2.10. The summed E-state index contributed by atoms with van der Waals surface area (Å²) >= 11 is 7.48. The van der Waals surface area contributed by atoms with Gasteiger partial charge in [-0.2, -0.15) is 0 Å². The standard InChI is InChI=1S/C15H15ClN2O2S/c1-2-17-15-8-5-13(18(19)20)9-11(15)10-21-14-6-3-12(16)4-7-14/h3-9,17H,2,10H2,1H3. The number of nitro benzene ring substituents is 1. The minimum atomic E-state index is -0.369. The molecule has 21 heavy (non-hydrogen) atoms. The van der Waals surface area contributed by atoms with E-state index in [1.165, 1.54) is 6.07 Å². The van der Waals surface area contributed by atoms with E-state index in [2.05, 4.69) is 5.32 Å². The van der Waals surface area contributed by atoms with Crippen molar-refractivity contribution in [3.8, 4) is 0 Å². The summed E-state index contributed by atoms with van der Waals surface area (Å²) in [6.45, 7) is 2.77. The van der Waals surface area contributed by atoms with Gasteiger partial charge in [0.1, 0.15) is 0 Å². The smallest absolute Gasteiger partial charge is 0.269 e. The van der Waals surface area contributed by atoms with E-state index in [9.17, 15) is 10.1 Å². The maximum Gasteiger partial charge on any atom is 0.269 e. The Bertz CT molecular complexity index is 632. The van der Waals surface area contributed by atoms with Crippen molar-refractivity contribution >= 4 is 34.7 Å². The highest BCUT2D eigenvalue weighted by Crippen LogP contribution is 2.30. The first-order valence-corrected chi connectivity index (χ1v) is 7.86. The van der Waals surface area contributed by atoms with Crippen LogP contribution in [0, 0.1) is 10.1 Å². The fraction of sp³-hybridized carbons (Fsp3) is 0.200. The van der Waals surface area contributed by atoms with E-state index in [1.54, 1.807) is 23.9 Å². The number of hydrogen-bond acceptors (Lipinski definition) is 4. The molecule has 0 amide bonds. The molecular formula is C15H15ClN2O2S. The van der Waals surface area contributed by atoms with Gasteiger partial charge in [-0.1, -0.05) is 11.6 Å². The van der Waals surface area contributed by atoms with E-state index in [1.807, 2.05) is 31.2 Å². The Labute approximate surface area is 132 Å². The molecule has 0 unspecified atom stereocenters. The van der Waals surface area contributed by atoms with Gasteiger partial charge in [0.15, 0.2) is 0 Å². The van der Waals surface area contributed by atoms with E-state index in [0.29, 0.717) is 10.8 Å². The highest BCUT2D eigenvalue weighted by Gasteiger charge is 2.10. The topological polar surface area (TPSA) is 55.2 Å². The molecule has 0 aliphatic heterocycles. The van der Waals surface area contributed by atoms with Gasteiger partial charge in [-0.25, -0.2) is 0 Å². The summed E-state index contributed by atoms with van der Waals surface area (Å²) in [4.78, 5) is 11.6. The van der Waals surface area contributed by atoms with Gasteiger partial charge < -0.3 is 5.32 Å². The SMILES string of the molecule is CCNc1ccc([N+](=O)[O-])cc1CSc1ccc(Cl)cc1. The molecule has 0 radical (unpaired) electrons. The molecule has 0 aliphatic rings. The van der Waals surface area contributed by atoms with Crippen molar-refractivity contribution in [2.45, 2.75) is 17.6 Å². The van der Waals surface area contributed by atoms with E-state index in [0.717, 1.165) is 22.7 Å². The highest BCUT2D eigenvalue weighted by atomic mass is 35.5. The second-order valence-electron chi connectivity index (χ2n) is 4.37. The third-order valence-corrected chi connectivity index (χ3v) is 4.19. The maximum atomic E-state index is 10.9. The van der Waals surface area contributed by atoms with Crippen LogP contribution >= 0.6 is 23.4 Å². The Morgan fingerprint density at radius 1 is 1.24 bits per heavy atom. The van der Waals surface area contributed by atoms with Crippen LogP contribution in [0.5, 0.6) is 0 Å². The van der Waals surface area contributed by atoms with Crippen molar-refractivity contribution in [2.24, 2.45) is 0 Å². The summed E-state index contributed by atoms with van der Waals surface area (Å²) in [5.74, 6) is 0.658. The van der Waals surface area contributed by atoms with Crippen LogP contribution in [-0.2, 0) is 5.75 Å². The molecule has 2 aromatic rings. The van der Waals surface area contributed by atoms with Crippen LogP contribution in [0.25, 0.3) is 0 Å². The molecule has 0 aliphatic carbocycles. The van der Waals surface area contributed by atoms with Crippen molar-refractivity contribution in [3.05, 3.63) is 63.2 Å². The number of nitrogens with one attached hydrogen (secondary N) is 1. The number of anilines is 1. The van der Waals surface area contributed by atoms with Crippen molar-refractivity contribution in [3.63, 3.8) is 0 Å². The van der Waals surface area contributed by atoms with E-state index < -0.39 is 0 Å². The summed E-state index contributed by atoms with van der Waals surface area (Å²) < 4.78 is 0. The van der Waals surface area contributed by atoms with Crippen molar-refractivity contribution < 1.29 is 4.92 Å². The second-order valence-corrected chi connectivity index (χ2v) is 5.86. The molecule has 1 N–H and O–H groups in total. The second kappa shape index (κ2) is 7.33. The lowest BCUT2D eigenvalue weighted by molar-refractivity contribution is -0.384. The Balaban J connectivity index is 2.17. The fourth-order valence-corrected chi connectivity index (χ4v) is 2.88. The van der Waals surface area contributed by atoms with E-state index in [4.69, 9.17) is 11.6 Å². The largest absolute Gasteiger partial charge is 0.385 e. The molecule has 0 heterocycles. The van der Waals surface area contributed by atoms with Crippen molar-refractivity contribution in [1.82, 2.24) is 0 Å². The van der Waals surface area contributed by atoms with Crippen LogP contribution in [0.2, 0.25) is 5.02 Å². The zero-order valence-electron chi connectivity index (χ0n) is 11.5. The molecule has 4 nitrogen and oxygen atoms in total. The van der Waals surface area contributed by atoms with Crippen LogP contribution in [0.15, 0.2) is 47.4 Å². The predicted octanol–water partition coefficient (Wildman–Crippen LogP) is 4.97. The highest BCUT2D eigenvalue weighted by molar-refractivity contribution is 7.98. The number of halogens is 1. The van der Waals surface area contributed by atoms with Crippen LogP contribution in [-0.4, -0.2) is 11.5 Å². The van der Waals surface area contributed by atoms with Gasteiger partial charge in [-0.05, 0) is 42.8 Å². The number of rotatable bonds is 6. The van der Waals surface area contributed by atoms with Crippen LogP contribution in [0.4, 0.5) is 11.4 Å². The number of nitrogens with zero attached hydrogens (tertiary/aromatic N) is 1. The average Bonchev–Trinajstić information content (AvgIpc) is 2.48. The van der Waals surface area contributed by atoms with Crippen LogP contribution < -0.4 is 5.32 Å². The minimum Gasteiger partial charge on any atom is -0.385 e. The zero-order valence-corrected chi connectivity index (χ0v) is 13.1. The monoisotopic (exact) mass is 322 g/mol. The molecular weight excluding hydrogens is 308 g/mol. The summed E-state index contributed by atoms with van der Waals surface area (Å²) in [5, 5.41) is 14.8. The number of nitro groups is 1. The summed E-state index contributed by atoms with van der Waals surface area (Å²) in [7, 11) is 0. The van der Waals surface area contributed by atoms with Gasteiger partial charge >= 0.3 is 0 Å². The van der Waals surface area contributed by atoms with Gasteiger partial charge in [-0.15, -0.1) is 11.8 Å². The summed E-state index contributed by atoms with van der Waals surface area (Å²) in [6.07, 6.45) is 0. The molecule has 0 atom stereocenters. The van der Waals surface area contributed by atoms with Gasteiger partial charge in [0, 0.05) is 40.0 Å². The minimum absolute atomic E-state index is 0.114. The molecule has 0 saturated heterocycles. The molecule has 0 aromatic heterocycles. The Kier molecular flexibility index (Phi) is 5.47. The zero-order chi connectivity index (χ0) is 15.2. The van der Waals surface area contributed by atoms with Crippen LogP contribution in [0.3, 0.4) is 0 Å². The quantitative estimate of drug-likeness (QED) is 0.463. The molecule has 110 valence electrons. The summed E-state index contributed by atoms with van der Waals surface area (Å²) in [5.41, 5.74) is 1.97. The Morgan fingerprint density at radius 2 is 1.95 bits per heavy atom. The van der Waals surface area contributed by atoms with Gasteiger partial charge in [0.2, 0.25) is 0 Å². The third kappa shape index (κ3) is 4.37. The van der Waals surface area contributed by atoms with E-state index in [-0.39, 0.29) is 10.6 Å². The lowest BCUT2D eigenvalue weighted by Crippen LogP contribution is -2.01. The first kappa shape index (κ1) is 15.7. The maximum absolute atomic E-state index is 10.9. The van der Waals surface area contributed by atoms with Crippen molar-refractivity contribution in [2.75, 3.05) is 11.9 Å². The summed E-state index contributed by atoms with van der Waals surface area (Å²) in [6, 6.07) is 12.5. The van der Waals surface area contributed by atoms with Gasteiger partial charge in [0.05, 0.1) is 4.92 Å². The Morgan fingerprint density at radius 3 is 2.57 bits per heavy atom. The first-order chi connectivity index (χ1) is 10.1. The molecule has 6 heteroatoms. The number of thioether (sulfide) groups is 1. The van der Waals surface area contributed by atoms with Crippen molar-refractivity contribution in [1.29, 1.82) is 0 Å². The number of non-ortho nitro benzene ring substituents is 1. The fourth-order valence-electron chi connectivity index (χ4n) is 1.87. The third-order valence-electron chi connectivity index (χ3n) is 2.87. The first-order valence-electron chi connectivity index (χ1n) is 6.49. The molecule has 2 rings (SSSR count). The molecule has 2 aromatic carbocycles. The molecule has 0 spiro atoms. The lowest BCUT2D eigenvalue weighted by atomic mass is 10.2.